The van der Waals surface area contributed by atoms with Crippen LogP contribution in [0, 0.1) is 0 Å². The molecule has 0 atom stereocenters. The van der Waals surface area contributed by atoms with Gasteiger partial charge in [0.1, 0.15) is 0 Å². The van der Waals surface area contributed by atoms with E-state index in [0.29, 0.717) is 0 Å². The minimum atomic E-state index is 1.06. The fourth-order valence-corrected chi connectivity index (χ4v) is 4.13. The number of fused-ring (bicyclic) bond motifs is 1. The number of hydrogen-bond acceptors (Lipinski definition) is 0. The minimum absolute atomic E-state index is 1.06. The molecule has 3 aromatic carbocycles. The Labute approximate surface area is 169 Å². The molecule has 0 heteroatoms. The van der Waals surface area contributed by atoms with Crippen molar-refractivity contribution in [3.05, 3.63) is 106 Å². The Hall–Kier alpha value is -2.60. The second kappa shape index (κ2) is 8.61. The van der Waals surface area contributed by atoms with Crippen molar-refractivity contribution in [2.45, 2.75) is 52.4 Å². The van der Waals surface area contributed by atoms with Crippen LogP contribution >= 0.6 is 0 Å². The average molecular weight is 367 g/mol. The molecule has 0 saturated heterocycles. The van der Waals surface area contributed by atoms with Crippen molar-refractivity contribution in [1.82, 2.24) is 0 Å². The van der Waals surface area contributed by atoms with Crippen LogP contribution in [0.5, 0.6) is 0 Å². The number of allylic oxidation sites excluding steroid dienone is 1. The van der Waals surface area contributed by atoms with E-state index in [1.807, 2.05) is 0 Å². The monoisotopic (exact) mass is 366 g/mol. The molecule has 3 aromatic rings. The van der Waals surface area contributed by atoms with Crippen molar-refractivity contribution in [2.75, 3.05) is 0 Å². The Bertz CT molecular complexity index is 956. The standard InChI is InChI=1S/C28H30/c1-3-5-22-12-15-25(16-13-22)28-19-26-17-14-24(18-27(26)20-28)11-10-23-8-6-21(4-2)7-9-23/h6-9,12-18,20H,3-5,10-11,19H2,1-2H3. The van der Waals surface area contributed by atoms with Crippen molar-refractivity contribution in [1.29, 1.82) is 0 Å². The van der Waals surface area contributed by atoms with E-state index in [4.69, 9.17) is 0 Å². The van der Waals surface area contributed by atoms with Crippen LogP contribution in [0.4, 0.5) is 0 Å². The molecule has 142 valence electrons. The summed E-state index contributed by atoms with van der Waals surface area (Å²) >= 11 is 0. The molecule has 0 aromatic heterocycles. The summed E-state index contributed by atoms with van der Waals surface area (Å²) in [6, 6.07) is 25.3. The lowest BCUT2D eigenvalue weighted by molar-refractivity contribution is 0.921. The first-order chi connectivity index (χ1) is 13.7. The maximum atomic E-state index is 2.40. The fraction of sp³-hybridized carbons (Fsp3) is 0.286. The molecule has 0 saturated carbocycles. The molecule has 0 spiro atoms. The van der Waals surface area contributed by atoms with E-state index in [0.717, 1.165) is 25.7 Å². The predicted molar refractivity (Wildman–Crippen MR) is 122 cm³/mol. The lowest BCUT2D eigenvalue weighted by Gasteiger charge is -2.06. The van der Waals surface area contributed by atoms with E-state index in [-0.39, 0.29) is 0 Å². The zero-order valence-electron chi connectivity index (χ0n) is 17.2. The van der Waals surface area contributed by atoms with Gasteiger partial charge in [-0.2, -0.15) is 0 Å². The van der Waals surface area contributed by atoms with Gasteiger partial charge in [-0.15, -0.1) is 0 Å². The Kier molecular flexibility index (Phi) is 5.76. The molecule has 0 bridgehead atoms. The highest BCUT2D eigenvalue weighted by Gasteiger charge is 2.14. The molecule has 0 N–H and O–H groups in total. The maximum absolute atomic E-state index is 2.40. The van der Waals surface area contributed by atoms with Crippen LogP contribution in [-0.4, -0.2) is 0 Å². The van der Waals surface area contributed by atoms with Crippen LogP contribution in [-0.2, 0) is 32.1 Å². The number of aryl methyl sites for hydroxylation is 4. The highest BCUT2D eigenvalue weighted by molar-refractivity contribution is 5.88. The van der Waals surface area contributed by atoms with Crippen molar-refractivity contribution in [3.8, 4) is 0 Å². The van der Waals surface area contributed by atoms with E-state index in [1.165, 1.54) is 57.4 Å². The topological polar surface area (TPSA) is 0 Å². The fourth-order valence-electron chi connectivity index (χ4n) is 4.13. The van der Waals surface area contributed by atoms with Gasteiger partial charge < -0.3 is 0 Å². The van der Waals surface area contributed by atoms with Gasteiger partial charge in [-0.1, -0.05) is 93.1 Å². The lowest BCUT2D eigenvalue weighted by atomic mass is 9.99. The molecular formula is C28H30. The van der Waals surface area contributed by atoms with Crippen LogP contribution in [0.1, 0.15) is 59.2 Å². The Morgan fingerprint density at radius 2 is 1.25 bits per heavy atom. The molecule has 0 fully saturated rings. The highest BCUT2D eigenvalue weighted by atomic mass is 14.2. The van der Waals surface area contributed by atoms with Crippen molar-refractivity contribution >= 4 is 11.6 Å². The molecule has 0 amide bonds. The second-order valence-electron chi connectivity index (χ2n) is 8.00. The first-order valence-corrected chi connectivity index (χ1v) is 10.7. The van der Waals surface area contributed by atoms with E-state index in [9.17, 15) is 0 Å². The third-order valence-corrected chi connectivity index (χ3v) is 5.92. The van der Waals surface area contributed by atoms with E-state index < -0.39 is 0 Å². The van der Waals surface area contributed by atoms with Gasteiger partial charge in [0.2, 0.25) is 0 Å². The first kappa shape index (κ1) is 18.7. The van der Waals surface area contributed by atoms with Gasteiger partial charge >= 0.3 is 0 Å². The normalized spacial score (nSPS) is 12.7. The van der Waals surface area contributed by atoms with Crippen LogP contribution < -0.4 is 0 Å². The smallest absolute Gasteiger partial charge is 0.00137 e. The number of rotatable bonds is 7. The second-order valence-corrected chi connectivity index (χ2v) is 8.00. The third kappa shape index (κ3) is 4.28. The van der Waals surface area contributed by atoms with Crippen LogP contribution in [0.3, 0.4) is 0 Å². The van der Waals surface area contributed by atoms with Gasteiger partial charge in [0, 0.05) is 0 Å². The zero-order chi connectivity index (χ0) is 19.3. The van der Waals surface area contributed by atoms with Crippen molar-refractivity contribution in [2.24, 2.45) is 0 Å². The highest BCUT2D eigenvalue weighted by Crippen LogP contribution is 2.32. The largest absolute Gasteiger partial charge is 0.0651 e. The Balaban J connectivity index is 1.44. The maximum Gasteiger partial charge on any atom is -0.00137 e. The third-order valence-electron chi connectivity index (χ3n) is 5.92. The summed E-state index contributed by atoms with van der Waals surface area (Å²) in [5.74, 6) is 0. The lowest BCUT2D eigenvalue weighted by Crippen LogP contribution is -1.93. The molecule has 0 heterocycles. The van der Waals surface area contributed by atoms with Crippen molar-refractivity contribution in [3.63, 3.8) is 0 Å². The van der Waals surface area contributed by atoms with Crippen LogP contribution in [0.25, 0.3) is 11.6 Å². The molecule has 0 unspecified atom stereocenters. The molecule has 4 rings (SSSR count). The molecule has 0 radical (unpaired) electrons. The quantitative estimate of drug-likeness (QED) is 0.419. The van der Waals surface area contributed by atoms with Gasteiger partial charge in [-0.05, 0) is 76.6 Å². The summed E-state index contributed by atoms with van der Waals surface area (Å²) in [7, 11) is 0. The SMILES string of the molecule is CCCc1ccc(C2=Cc3cc(CCc4ccc(CC)cc4)ccc3C2)cc1. The number of benzene rings is 3. The summed E-state index contributed by atoms with van der Waals surface area (Å²) in [5.41, 5.74) is 11.4. The number of hydrogen-bond donors (Lipinski definition) is 0. The molecular weight excluding hydrogens is 336 g/mol. The van der Waals surface area contributed by atoms with Gasteiger partial charge in [0.15, 0.2) is 0 Å². The average Bonchev–Trinajstić information content (AvgIpc) is 3.17. The summed E-state index contributed by atoms with van der Waals surface area (Å²) in [6.07, 6.45) is 9.15. The van der Waals surface area contributed by atoms with Gasteiger partial charge in [0.05, 0.1) is 0 Å². The van der Waals surface area contributed by atoms with E-state index >= 15 is 0 Å². The molecule has 28 heavy (non-hydrogen) atoms. The Morgan fingerprint density at radius 3 is 1.96 bits per heavy atom. The summed E-state index contributed by atoms with van der Waals surface area (Å²) < 4.78 is 0. The van der Waals surface area contributed by atoms with E-state index in [2.05, 4.69) is 86.7 Å². The summed E-state index contributed by atoms with van der Waals surface area (Å²) in [6.45, 7) is 4.45. The Morgan fingerprint density at radius 1 is 0.643 bits per heavy atom. The van der Waals surface area contributed by atoms with Crippen LogP contribution in [0.15, 0.2) is 66.7 Å². The molecule has 1 aliphatic carbocycles. The summed E-state index contributed by atoms with van der Waals surface area (Å²) in [5, 5.41) is 0. The molecule has 0 nitrogen and oxygen atoms in total. The van der Waals surface area contributed by atoms with Gasteiger partial charge in [0.25, 0.3) is 0 Å². The minimum Gasteiger partial charge on any atom is -0.0651 e. The molecule has 1 aliphatic rings. The van der Waals surface area contributed by atoms with E-state index in [1.54, 1.807) is 0 Å². The van der Waals surface area contributed by atoms with Gasteiger partial charge in [-0.25, -0.2) is 0 Å². The first-order valence-electron chi connectivity index (χ1n) is 10.7. The molecule has 0 aliphatic heterocycles. The predicted octanol–water partition coefficient (Wildman–Crippen LogP) is 7.08. The van der Waals surface area contributed by atoms with Crippen molar-refractivity contribution < 1.29 is 0 Å². The van der Waals surface area contributed by atoms with Gasteiger partial charge in [-0.3, -0.25) is 0 Å². The zero-order valence-corrected chi connectivity index (χ0v) is 17.2. The van der Waals surface area contributed by atoms with Crippen LogP contribution in [0.2, 0.25) is 0 Å². The summed E-state index contributed by atoms with van der Waals surface area (Å²) in [4.78, 5) is 0.